The van der Waals surface area contributed by atoms with Crippen molar-refractivity contribution >= 4 is 27.4 Å². The van der Waals surface area contributed by atoms with Gasteiger partial charge in [0.05, 0.1) is 12.3 Å². The van der Waals surface area contributed by atoms with Crippen molar-refractivity contribution in [3.05, 3.63) is 16.6 Å². The number of carbonyl (C=O) groups excluding carboxylic acids is 1. The zero-order valence-corrected chi connectivity index (χ0v) is 14.3. The fraction of sp³-hybridized carbons (Fsp3) is 0.692. The first kappa shape index (κ1) is 17.2. The lowest BCUT2D eigenvalue weighted by molar-refractivity contribution is 0.224. The normalized spacial score (nSPS) is 23.7. The Hall–Kier alpha value is -1.19. The molecule has 0 aromatic carbocycles. The molecule has 0 bridgehead atoms. The van der Waals surface area contributed by atoms with Crippen LogP contribution in [0.15, 0.2) is 11.6 Å². The van der Waals surface area contributed by atoms with Gasteiger partial charge in [-0.05, 0) is 19.8 Å². The molecule has 1 aromatic rings. The molecule has 124 valence electrons. The predicted molar refractivity (Wildman–Crippen MR) is 86.2 cm³/mol. The first-order valence-electron chi connectivity index (χ1n) is 7.29. The highest BCUT2D eigenvalue weighted by Gasteiger charge is 2.29. The molecule has 3 atom stereocenters. The van der Waals surface area contributed by atoms with Crippen LogP contribution in [0.1, 0.15) is 43.7 Å². The van der Waals surface area contributed by atoms with E-state index in [2.05, 4.69) is 20.3 Å². The van der Waals surface area contributed by atoms with Crippen LogP contribution in [-0.2, 0) is 10.0 Å². The molecule has 1 fully saturated rings. The third kappa shape index (κ3) is 5.22. The Morgan fingerprint density at radius 2 is 2.05 bits per heavy atom. The van der Waals surface area contributed by atoms with Crippen molar-refractivity contribution in [2.75, 3.05) is 6.26 Å². The van der Waals surface area contributed by atoms with E-state index in [0.717, 1.165) is 36.9 Å². The van der Waals surface area contributed by atoms with E-state index in [1.54, 1.807) is 6.20 Å². The molecule has 0 saturated heterocycles. The Bertz CT molecular complexity index is 588. The fourth-order valence-corrected chi connectivity index (χ4v) is 4.11. The maximum Gasteiger partial charge on any atom is 0.315 e. The van der Waals surface area contributed by atoms with E-state index >= 15 is 0 Å². The number of hydrogen-bond donors (Lipinski definition) is 3. The van der Waals surface area contributed by atoms with Crippen molar-refractivity contribution in [2.45, 2.75) is 50.7 Å². The first-order valence-corrected chi connectivity index (χ1v) is 10.1. The number of carbonyl (C=O) groups is 1. The molecule has 1 aromatic heterocycles. The van der Waals surface area contributed by atoms with E-state index < -0.39 is 10.0 Å². The predicted octanol–water partition coefficient (Wildman–Crippen LogP) is 1.36. The van der Waals surface area contributed by atoms with Crippen LogP contribution >= 0.6 is 11.3 Å². The molecule has 1 aliphatic carbocycles. The average molecular weight is 346 g/mol. The van der Waals surface area contributed by atoms with Gasteiger partial charge in [-0.2, -0.15) is 0 Å². The van der Waals surface area contributed by atoms with E-state index in [4.69, 9.17) is 0 Å². The Morgan fingerprint density at radius 3 is 2.64 bits per heavy atom. The van der Waals surface area contributed by atoms with Crippen LogP contribution in [0, 0.1) is 0 Å². The van der Waals surface area contributed by atoms with Gasteiger partial charge in [-0.3, -0.25) is 0 Å². The average Bonchev–Trinajstić information content (AvgIpc) is 2.93. The summed E-state index contributed by atoms with van der Waals surface area (Å²) in [5, 5.41) is 8.42. The van der Waals surface area contributed by atoms with E-state index in [1.807, 2.05) is 12.3 Å². The lowest BCUT2D eigenvalue weighted by Crippen LogP contribution is -2.55. The Balaban J connectivity index is 1.90. The lowest BCUT2D eigenvalue weighted by Gasteiger charge is -2.32. The molecule has 0 unspecified atom stereocenters. The minimum absolute atomic E-state index is 0.176. The summed E-state index contributed by atoms with van der Waals surface area (Å²) in [5.41, 5.74) is 0. The Morgan fingerprint density at radius 1 is 1.36 bits per heavy atom. The maximum atomic E-state index is 12.1. The van der Waals surface area contributed by atoms with Crippen LogP contribution in [0.25, 0.3) is 0 Å². The monoisotopic (exact) mass is 346 g/mol. The first-order chi connectivity index (χ1) is 10.3. The number of sulfonamides is 1. The molecular weight excluding hydrogens is 324 g/mol. The maximum absolute atomic E-state index is 12.1. The van der Waals surface area contributed by atoms with Gasteiger partial charge in [-0.25, -0.2) is 22.9 Å². The summed E-state index contributed by atoms with van der Waals surface area (Å²) in [6.07, 6.45) is 6.29. The summed E-state index contributed by atoms with van der Waals surface area (Å²) < 4.78 is 25.4. The van der Waals surface area contributed by atoms with Crippen LogP contribution in [0.3, 0.4) is 0 Å². The van der Waals surface area contributed by atoms with Crippen LogP contribution in [0.2, 0.25) is 0 Å². The smallest absolute Gasteiger partial charge is 0.315 e. The Labute approximate surface area is 135 Å². The summed E-state index contributed by atoms with van der Waals surface area (Å²) in [7, 11) is -3.28. The van der Waals surface area contributed by atoms with Crippen molar-refractivity contribution in [1.82, 2.24) is 20.3 Å². The quantitative estimate of drug-likeness (QED) is 0.749. The number of urea groups is 1. The summed E-state index contributed by atoms with van der Waals surface area (Å²) >= 11 is 1.48. The van der Waals surface area contributed by atoms with Gasteiger partial charge in [0.25, 0.3) is 0 Å². The van der Waals surface area contributed by atoms with Crippen molar-refractivity contribution in [2.24, 2.45) is 0 Å². The molecule has 2 rings (SSSR count). The minimum Gasteiger partial charge on any atom is -0.334 e. The van der Waals surface area contributed by atoms with Gasteiger partial charge in [-0.15, -0.1) is 11.3 Å². The topological polar surface area (TPSA) is 100 Å². The summed E-state index contributed by atoms with van der Waals surface area (Å²) in [4.78, 5) is 16.3. The van der Waals surface area contributed by atoms with E-state index in [0.29, 0.717) is 0 Å². The molecule has 1 saturated carbocycles. The molecule has 0 aliphatic heterocycles. The zero-order chi connectivity index (χ0) is 16.2. The van der Waals surface area contributed by atoms with Crippen molar-refractivity contribution < 1.29 is 13.2 Å². The van der Waals surface area contributed by atoms with E-state index in [1.165, 1.54) is 11.3 Å². The fourth-order valence-electron chi connectivity index (χ4n) is 2.64. The summed E-state index contributed by atoms with van der Waals surface area (Å²) in [6, 6.07) is -0.906. The molecule has 2 amide bonds. The van der Waals surface area contributed by atoms with E-state index in [9.17, 15) is 13.2 Å². The highest BCUT2D eigenvalue weighted by molar-refractivity contribution is 7.88. The molecule has 7 nitrogen and oxygen atoms in total. The van der Waals surface area contributed by atoms with Crippen molar-refractivity contribution in [3.8, 4) is 0 Å². The molecule has 1 heterocycles. The summed E-state index contributed by atoms with van der Waals surface area (Å²) in [6.45, 7) is 1.87. The highest BCUT2D eigenvalue weighted by atomic mass is 32.2. The second kappa shape index (κ2) is 7.38. The number of thiazole rings is 1. The van der Waals surface area contributed by atoms with Crippen molar-refractivity contribution in [1.29, 1.82) is 0 Å². The van der Waals surface area contributed by atoms with Gasteiger partial charge < -0.3 is 10.6 Å². The van der Waals surface area contributed by atoms with Crippen LogP contribution in [0.4, 0.5) is 4.79 Å². The molecule has 9 heteroatoms. The summed E-state index contributed by atoms with van der Waals surface area (Å²) in [5.74, 6) is 0. The number of nitrogens with one attached hydrogen (secondary N) is 3. The van der Waals surface area contributed by atoms with E-state index in [-0.39, 0.29) is 24.2 Å². The second-order valence-corrected chi connectivity index (χ2v) is 8.30. The van der Waals surface area contributed by atoms with Gasteiger partial charge in [-0.1, -0.05) is 12.8 Å². The standard InChI is InChI=1S/C13H22N4O3S2/c1-9(12-14-7-8-21-12)15-13(18)16-10-5-3-4-6-11(10)17-22(2,19)20/h7-11,17H,3-6H2,1-2H3,(H2,15,16,18)/t9-,10+,11-/m0/s1. The molecule has 3 N–H and O–H groups in total. The minimum atomic E-state index is -3.28. The zero-order valence-electron chi connectivity index (χ0n) is 12.7. The van der Waals surface area contributed by atoms with Crippen LogP contribution < -0.4 is 15.4 Å². The third-order valence-electron chi connectivity index (χ3n) is 3.62. The van der Waals surface area contributed by atoms with Gasteiger partial charge in [0.1, 0.15) is 5.01 Å². The molecular formula is C13H22N4O3S2. The van der Waals surface area contributed by atoms with Gasteiger partial charge in [0.15, 0.2) is 0 Å². The largest absolute Gasteiger partial charge is 0.334 e. The molecule has 0 spiro atoms. The molecule has 22 heavy (non-hydrogen) atoms. The van der Waals surface area contributed by atoms with Gasteiger partial charge >= 0.3 is 6.03 Å². The second-order valence-electron chi connectivity index (χ2n) is 5.60. The Kier molecular flexibility index (Phi) is 5.76. The molecule has 0 radical (unpaired) electrons. The van der Waals surface area contributed by atoms with Crippen molar-refractivity contribution in [3.63, 3.8) is 0 Å². The number of aromatic nitrogens is 1. The van der Waals surface area contributed by atoms with Crippen LogP contribution in [-0.4, -0.2) is 37.8 Å². The molecule has 1 aliphatic rings. The van der Waals surface area contributed by atoms with Crippen LogP contribution in [0.5, 0.6) is 0 Å². The van der Waals surface area contributed by atoms with Gasteiger partial charge in [0.2, 0.25) is 10.0 Å². The SMILES string of the molecule is C[C@H](NC(=O)N[C@@H]1CCCC[C@@H]1NS(C)(=O)=O)c1nccs1. The van der Waals surface area contributed by atoms with Gasteiger partial charge in [0, 0.05) is 23.7 Å². The lowest BCUT2D eigenvalue weighted by atomic mass is 9.91. The third-order valence-corrected chi connectivity index (χ3v) is 5.31. The number of hydrogen-bond acceptors (Lipinski definition) is 5. The number of amides is 2. The number of nitrogens with zero attached hydrogens (tertiary/aromatic N) is 1. The highest BCUT2D eigenvalue weighted by Crippen LogP contribution is 2.20. The number of rotatable bonds is 5.